The second-order valence-electron chi connectivity index (χ2n) is 4.76. The van der Waals surface area contributed by atoms with Crippen LogP contribution in [-0.2, 0) is 9.53 Å². The number of hydrogen-bond acceptors (Lipinski definition) is 3. The number of esters is 1. The number of aryl methyl sites for hydroxylation is 1. The van der Waals surface area contributed by atoms with Crippen molar-refractivity contribution in [2.75, 3.05) is 6.61 Å². The van der Waals surface area contributed by atoms with Gasteiger partial charge in [-0.1, -0.05) is 31.4 Å². The van der Waals surface area contributed by atoms with Gasteiger partial charge in [-0.25, -0.2) is 4.79 Å². The van der Waals surface area contributed by atoms with Crippen LogP contribution in [0.25, 0.3) is 0 Å². The first kappa shape index (κ1) is 16.8. The molecule has 0 bridgehead atoms. The van der Waals surface area contributed by atoms with Crippen LogP contribution in [0.5, 0.6) is 5.75 Å². The molecule has 20 heavy (non-hydrogen) atoms. The van der Waals surface area contributed by atoms with Crippen LogP contribution in [0.4, 0.5) is 0 Å². The van der Waals surface area contributed by atoms with Crippen LogP contribution in [0.15, 0.2) is 18.2 Å². The van der Waals surface area contributed by atoms with Gasteiger partial charge in [-0.15, -0.1) is 0 Å². The van der Waals surface area contributed by atoms with Gasteiger partial charge in [0.2, 0.25) is 0 Å². The number of rotatable bonds is 8. The summed E-state index contributed by atoms with van der Waals surface area (Å²) in [5.41, 5.74) is 0.919. The minimum Gasteiger partial charge on any atom is -0.478 e. The summed E-state index contributed by atoms with van der Waals surface area (Å²) in [5, 5.41) is 0.661. The normalized spacial score (nSPS) is 12.0. The third kappa shape index (κ3) is 5.41. The van der Waals surface area contributed by atoms with Crippen molar-refractivity contribution in [3.8, 4) is 5.75 Å². The zero-order valence-electron chi connectivity index (χ0n) is 12.4. The van der Waals surface area contributed by atoms with Crippen LogP contribution >= 0.6 is 11.6 Å². The third-order valence-electron chi connectivity index (χ3n) is 3.03. The van der Waals surface area contributed by atoms with E-state index < -0.39 is 6.10 Å². The lowest BCUT2D eigenvalue weighted by atomic mass is 10.1. The number of halogens is 1. The molecule has 0 N–H and O–H groups in total. The van der Waals surface area contributed by atoms with Crippen molar-refractivity contribution in [2.45, 2.75) is 52.6 Å². The van der Waals surface area contributed by atoms with Gasteiger partial charge in [0.25, 0.3) is 0 Å². The fraction of sp³-hybridized carbons (Fsp3) is 0.562. The second kappa shape index (κ2) is 8.85. The Morgan fingerprint density at radius 2 is 2.05 bits per heavy atom. The SMILES string of the molecule is CCCCC[C@H](Oc1ccc(Cl)cc1C)C(=O)OCC. The predicted molar refractivity (Wildman–Crippen MR) is 81.4 cm³/mol. The van der Waals surface area contributed by atoms with E-state index in [1.54, 1.807) is 19.1 Å². The zero-order chi connectivity index (χ0) is 15.0. The number of hydrogen-bond donors (Lipinski definition) is 0. The van der Waals surface area contributed by atoms with E-state index in [4.69, 9.17) is 21.1 Å². The van der Waals surface area contributed by atoms with Crippen LogP contribution in [0.2, 0.25) is 5.02 Å². The summed E-state index contributed by atoms with van der Waals surface area (Å²) in [7, 11) is 0. The van der Waals surface area contributed by atoms with Gasteiger partial charge >= 0.3 is 5.97 Å². The van der Waals surface area contributed by atoms with Gasteiger partial charge in [0.1, 0.15) is 5.75 Å². The highest BCUT2D eigenvalue weighted by Gasteiger charge is 2.22. The third-order valence-corrected chi connectivity index (χ3v) is 3.26. The van der Waals surface area contributed by atoms with E-state index >= 15 is 0 Å². The molecule has 1 atom stereocenters. The Bertz CT molecular complexity index is 432. The molecule has 1 aromatic carbocycles. The molecule has 3 nitrogen and oxygen atoms in total. The van der Waals surface area contributed by atoms with Crippen LogP contribution in [0.3, 0.4) is 0 Å². The van der Waals surface area contributed by atoms with Crippen molar-refractivity contribution in [3.63, 3.8) is 0 Å². The van der Waals surface area contributed by atoms with E-state index in [-0.39, 0.29) is 5.97 Å². The lowest BCUT2D eigenvalue weighted by Gasteiger charge is -2.19. The van der Waals surface area contributed by atoms with Gasteiger partial charge < -0.3 is 9.47 Å². The van der Waals surface area contributed by atoms with E-state index in [0.29, 0.717) is 23.8 Å². The molecule has 0 aliphatic carbocycles. The lowest BCUT2D eigenvalue weighted by Crippen LogP contribution is -2.29. The number of carbonyl (C=O) groups is 1. The van der Waals surface area contributed by atoms with Crippen LogP contribution in [-0.4, -0.2) is 18.7 Å². The number of carbonyl (C=O) groups excluding carboxylic acids is 1. The Morgan fingerprint density at radius 1 is 1.30 bits per heavy atom. The molecule has 0 saturated heterocycles. The summed E-state index contributed by atoms with van der Waals surface area (Å²) in [4.78, 5) is 11.9. The van der Waals surface area contributed by atoms with Gasteiger partial charge in [-0.2, -0.15) is 0 Å². The van der Waals surface area contributed by atoms with Crippen molar-refractivity contribution in [1.82, 2.24) is 0 Å². The van der Waals surface area contributed by atoms with E-state index in [9.17, 15) is 4.79 Å². The first-order chi connectivity index (χ1) is 9.58. The molecule has 112 valence electrons. The highest BCUT2D eigenvalue weighted by atomic mass is 35.5. The van der Waals surface area contributed by atoms with E-state index in [0.717, 1.165) is 24.8 Å². The Morgan fingerprint density at radius 3 is 2.65 bits per heavy atom. The first-order valence-electron chi connectivity index (χ1n) is 7.17. The molecule has 4 heteroatoms. The van der Waals surface area contributed by atoms with Gasteiger partial charge in [0.15, 0.2) is 6.10 Å². The van der Waals surface area contributed by atoms with Gasteiger partial charge in [-0.05, 0) is 50.5 Å². The molecule has 0 radical (unpaired) electrons. The molecule has 0 aromatic heterocycles. The minimum atomic E-state index is -0.540. The molecule has 1 aromatic rings. The number of benzene rings is 1. The van der Waals surface area contributed by atoms with E-state index in [2.05, 4.69) is 6.92 Å². The summed E-state index contributed by atoms with van der Waals surface area (Å²) >= 11 is 5.92. The summed E-state index contributed by atoms with van der Waals surface area (Å²) in [6.07, 6.45) is 3.27. The van der Waals surface area contributed by atoms with Gasteiger partial charge in [0, 0.05) is 5.02 Å². The Labute approximate surface area is 126 Å². The molecular weight excluding hydrogens is 276 g/mol. The van der Waals surface area contributed by atoms with Crippen LogP contribution < -0.4 is 4.74 Å². The summed E-state index contributed by atoms with van der Waals surface area (Å²) < 4.78 is 10.9. The quantitative estimate of drug-likeness (QED) is 0.522. The highest BCUT2D eigenvalue weighted by Crippen LogP contribution is 2.24. The molecule has 0 aliphatic heterocycles. The van der Waals surface area contributed by atoms with Crippen molar-refractivity contribution in [3.05, 3.63) is 28.8 Å². The summed E-state index contributed by atoms with van der Waals surface area (Å²) in [5.74, 6) is 0.391. The summed E-state index contributed by atoms with van der Waals surface area (Å²) in [6.45, 7) is 6.21. The summed E-state index contributed by atoms with van der Waals surface area (Å²) in [6, 6.07) is 5.38. The fourth-order valence-electron chi connectivity index (χ4n) is 1.94. The molecule has 0 fully saturated rings. The first-order valence-corrected chi connectivity index (χ1v) is 7.55. The van der Waals surface area contributed by atoms with Gasteiger partial charge in [-0.3, -0.25) is 0 Å². The lowest BCUT2D eigenvalue weighted by molar-refractivity contribution is -0.151. The standard InChI is InChI=1S/C16H23ClO3/c1-4-6-7-8-15(16(18)19-5-2)20-14-10-9-13(17)11-12(14)3/h9-11,15H,4-8H2,1-3H3/t15-/m0/s1. The molecular formula is C16H23ClO3. The monoisotopic (exact) mass is 298 g/mol. The average Bonchev–Trinajstić information content (AvgIpc) is 2.40. The number of unbranched alkanes of at least 4 members (excludes halogenated alkanes) is 2. The second-order valence-corrected chi connectivity index (χ2v) is 5.20. The fourth-order valence-corrected chi connectivity index (χ4v) is 2.16. The van der Waals surface area contributed by atoms with Crippen molar-refractivity contribution in [2.24, 2.45) is 0 Å². The molecule has 0 saturated carbocycles. The van der Waals surface area contributed by atoms with Crippen LogP contribution in [0.1, 0.15) is 45.1 Å². The van der Waals surface area contributed by atoms with Crippen LogP contribution in [0, 0.1) is 6.92 Å². The molecule has 0 heterocycles. The van der Waals surface area contributed by atoms with Crippen molar-refractivity contribution >= 4 is 17.6 Å². The molecule has 0 aliphatic rings. The molecule has 1 rings (SSSR count). The smallest absolute Gasteiger partial charge is 0.347 e. The Balaban J connectivity index is 2.74. The molecule has 0 unspecified atom stereocenters. The zero-order valence-corrected chi connectivity index (χ0v) is 13.2. The van der Waals surface area contributed by atoms with E-state index in [1.165, 1.54) is 0 Å². The maximum Gasteiger partial charge on any atom is 0.347 e. The predicted octanol–water partition coefficient (Wildman–Crippen LogP) is 4.54. The Hall–Kier alpha value is -1.22. The molecule has 0 spiro atoms. The topological polar surface area (TPSA) is 35.5 Å². The highest BCUT2D eigenvalue weighted by molar-refractivity contribution is 6.30. The maximum atomic E-state index is 11.9. The largest absolute Gasteiger partial charge is 0.478 e. The maximum absolute atomic E-state index is 11.9. The number of ether oxygens (including phenoxy) is 2. The van der Waals surface area contributed by atoms with Gasteiger partial charge in [0.05, 0.1) is 6.61 Å². The molecule has 0 amide bonds. The van der Waals surface area contributed by atoms with Crippen molar-refractivity contribution < 1.29 is 14.3 Å². The van der Waals surface area contributed by atoms with Crippen molar-refractivity contribution in [1.29, 1.82) is 0 Å². The average molecular weight is 299 g/mol. The van der Waals surface area contributed by atoms with E-state index in [1.807, 2.05) is 13.0 Å². The minimum absolute atomic E-state index is 0.294. The Kier molecular flexibility index (Phi) is 7.45.